The van der Waals surface area contributed by atoms with Gasteiger partial charge < -0.3 is 10.6 Å². The number of anilines is 1. The second kappa shape index (κ2) is 8.85. The van der Waals surface area contributed by atoms with Crippen molar-refractivity contribution in [1.82, 2.24) is 10.3 Å². The van der Waals surface area contributed by atoms with Gasteiger partial charge in [-0.3, -0.25) is 9.79 Å². The Kier molecular flexibility index (Phi) is 5.82. The topological polar surface area (TPSA) is 105 Å². The van der Waals surface area contributed by atoms with Gasteiger partial charge in [0, 0.05) is 18.3 Å². The SMILES string of the molecule is CC#CCNCC1=C2C=NC=C[N+]2(N)C(c2ccc(C(=O)Nc3ccccn3)cc2)=N1. The van der Waals surface area contributed by atoms with Gasteiger partial charge in [-0.05, 0) is 43.3 Å². The highest BCUT2D eigenvalue weighted by atomic mass is 16.1. The Morgan fingerprint density at radius 3 is 2.77 bits per heavy atom. The number of hydrogen-bond donors (Lipinski definition) is 3. The summed E-state index contributed by atoms with van der Waals surface area (Å²) in [6, 6.07) is 12.5. The Morgan fingerprint density at radius 2 is 2.03 bits per heavy atom. The molecule has 0 saturated heterocycles. The molecule has 1 amide bonds. The number of quaternary nitrogens is 1. The van der Waals surface area contributed by atoms with Gasteiger partial charge in [0.2, 0.25) is 5.70 Å². The van der Waals surface area contributed by atoms with Crippen molar-refractivity contribution in [2.24, 2.45) is 15.8 Å². The van der Waals surface area contributed by atoms with Crippen molar-refractivity contribution < 1.29 is 9.39 Å². The van der Waals surface area contributed by atoms with E-state index >= 15 is 0 Å². The Balaban J connectivity index is 1.55. The number of nitrogens with zero attached hydrogens (tertiary/aromatic N) is 4. The third-order valence-electron chi connectivity index (χ3n) is 4.86. The maximum absolute atomic E-state index is 12.5. The molecule has 4 rings (SSSR count). The fourth-order valence-electron chi connectivity index (χ4n) is 3.31. The minimum absolute atomic E-state index is 0.0700. The lowest BCUT2D eigenvalue weighted by Gasteiger charge is -2.26. The number of nitrogens with two attached hydrogens (primary N) is 1. The molecule has 0 radical (unpaired) electrons. The van der Waals surface area contributed by atoms with E-state index in [-0.39, 0.29) is 10.5 Å². The molecule has 0 aliphatic carbocycles. The molecule has 1 atom stereocenters. The molecule has 1 unspecified atom stereocenters. The quantitative estimate of drug-likeness (QED) is 0.293. The van der Waals surface area contributed by atoms with Gasteiger partial charge in [0.1, 0.15) is 17.7 Å². The molecule has 2 aliphatic rings. The molecule has 1 aromatic heterocycles. The number of aliphatic imine (C=N–C) groups is 2. The molecule has 8 nitrogen and oxygen atoms in total. The zero-order chi connectivity index (χ0) is 21.7. The zero-order valence-corrected chi connectivity index (χ0v) is 17.0. The van der Waals surface area contributed by atoms with Gasteiger partial charge in [0.25, 0.3) is 11.7 Å². The summed E-state index contributed by atoms with van der Waals surface area (Å²) >= 11 is 0. The van der Waals surface area contributed by atoms with E-state index < -0.39 is 0 Å². The molecule has 0 bridgehead atoms. The van der Waals surface area contributed by atoms with Crippen molar-refractivity contribution >= 4 is 23.8 Å². The number of rotatable bonds is 6. The number of pyridine rings is 1. The predicted molar refractivity (Wildman–Crippen MR) is 121 cm³/mol. The van der Waals surface area contributed by atoms with Gasteiger partial charge >= 0.3 is 0 Å². The molecule has 1 aromatic carbocycles. The summed E-state index contributed by atoms with van der Waals surface area (Å²) < 4.78 is -0.0700. The average molecular weight is 412 g/mol. The largest absolute Gasteiger partial charge is 0.307 e. The van der Waals surface area contributed by atoms with Crippen LogP contribution in [0.25, 0.3) is 0 Å². The number of carbonyl (C=O) groups is 1. The highest BCUT2D eigenvalue weighted by molar-refractivity contribution is 6.05. The second-order valence-electron chi connectivity index (χ2n) is 6.90. The van der Waals surface area contributed by atoms with Crippen LogP contribution in [-0.2, 0) is 0 Å². The van der Waals surface area contributed by atoms with Gasteiger partial charge in [-0.25, -0.2) is 4.98 Å². The minimum Gasteiger partial charge on any atom is -0.307 e. The number of amides is 1. The molecular formula is C23H22N7O+. The van der Waals surface area contributed by atoms with Crippen LogP contribution in [0.1, 0.15) is 22.8 Å². The van der Waals surface area contributed by atoms with E-state index in [1.807, 2.05) is 18.2 Å². The standard InChI is InChI=1S/C23H21N7O/c1-2-3-11-25-15-19-20-16-26-13-14-30(20,24)22(28-19)17-7-9-18(10-8-17)23(31)29-21-6-4-5-12-27-21/h4-10,12-14,16,25H,11,15,24H2,1H3/p+1. The summed E-state index contributed by atoms with van der Waals surface area (Å²) in [5.74, 6) is 13.4. The summed E-state index contributed by atoms with van der Waals surface area (Å²) in [5.41, 5.74) is 2.94. The first-order valence-corrected chi connectivity index (χ1v) is 9.76. The number of aromatic nitrogens is 1. The van der Waals surface area contributed by atoms with Crippen LogP contribution in [0.3, 0.4) is 0 Å². The monoisotopic (exact) mass is 412 g/mol. The van der Waals surface area contributed by atoms with E-state index in [2.05, 4.69) is 32.5 Å². The molecule has 31 heavy (non-hydrogen) atoms. The molecule has 8 heteroatoms. The van der Waals surface area contributed by atoms with Gasteiger partial charge in [0.05, 0.1) is 24.5 Å². The fourth-order valence-corrected chi connectivity index (χ4v) is 3.31. The van der Waals surface area contributed by atoms with Crippen molar-refractivity contribution in [2.75, 3.05) is 18.4 Å². The number of nitrogens with one attached hydrogen (secondary N) is 2. The van der Waals surface area contributed by atoms with Crippen LogP contribution in [-0.4, -0.2) is 40.6 Å². The summed E-state index contributed by atoms with van der Waals surface area (Å²) in [4.78, 5) is 25.6. The van der Waals surface area contributed by atoms with Crippen LogP contribution in [0.15, 0.2) is 82.4 Å². The lowest BCUT2D eigenvalue weighted by Crippen LogP contribution is -2.53. The van der Waals surface area contributed by atoms with Crippen LogP contribution in [0.2, 0.25) is 0 Å². The van der Waals surface area contributed by atoms with Crippen molar-refractivity contribution in [1.29, 1.82) is 0 Å². The third-order valence-corrected chi connectivity index (χ3v) is 4.86. The number of amidine groups is 1. The maximum atomic E-state index is 12.5. The van der Waals surface area contributed by atoms with Crippen LogP contribution in [0.5, 0.6) is 0 Å². The Morgan fingerprint density at radius 1 is 1.19 bits per heavy atom. The summed E-state index contributed by atoms with van der Waals surface area (Å²) in [5, 5.41) is 6.02. The predicted octanol–water partition coefficient (Wildman–Crippen LogP) is 2.16. The smallest absolute Gasteiger partial charge is 0.264 e. The summed E-state index contributed by atoms with van der Waals surface area (Å²) in [6.45, 7) is 2.89. The van der Waals surface area contributed by atoms with Crippen LogP contribution in [0.4, 0.5) is 5.82 Å². The minimum atomic E-state index is -0.235. The van der Waals surface area contributed by atoms with Crippen molar-refractivity contribution in [3.8, 4) is 11.8 Å². The highest BCUT2D eigenvalue weighted by Gasteiger charge is 2.43. The van der Waals surface area contributed by atoms with E-state index in [4.69, 9.17) is 10.8 Å². The third kappa shape index (κ3) is 4.20. The van der Waals surface area contributed by atoms with E-state index in [1.54, 1.807) is 56.0 Å². The Hall–Kier alpha value is -3.90. The molecule has 2 aromatic rings. The first kappa shape index (κ1) is 20.4. The zero-order valence-electron chi connectivity index (χ0n) is 17.0. The molecular weight excluding hydrogens is 390 g/mol. The second-order valence-corrected chi connectivity index (χ2v) is 6.90. The molecule has 154 valence electrons. The summed E-state index contributed by atoms with van der Waals surface area (Å²) in [7, 11) is 0. The molecule has 0 spiro atoms. The number of benzene rings is 1. The van der Waals surface area contributed by atoms with Gasteiger partial charge in [0.15, 0.2) is 0 Å². The normalized spacial score (nSPS) is 18.8. The Labute approximate surface area is 180 Å². The number of carbonyl (C=O) groups excluding carboxylic acids is 1. The van der Waals surface area contributed by atoms with E-state index in [0.717, 1.165) is 17.0 Å². The number of hydrogen-bond acceptors (Lipinski definition) is 6. The molecule has 0 fully saturated rings. The van der Waals surface area contributed by atoms with E-state index in [0.29, 0.717) is 30.3 Å². The van der Waals surface area contributed by atoms with Crippen LogP contribution < -0.4 is 16.5 Å². The maximum Gasteiger partial charge on any atom is 0.264 e. The average Bonchev–Trinajstić information content (AvgIpc) is 3.10. The lowest BCUT2D eigenvalue weighted by atomic mass is 10.1. The number of allylic oxidation sites excluding steroid dienone is 1. The first-order chi connectivity index (χ1) is 15.1. The van der Waals surface area contributed by atoms with Crippen molar-refractivity contribution in [3.63, 3.8) is 0 Å². The molecule has 4 N–H and O–H groups in total. The van der Waals surface area contributed by atoms with Crippen molar-refractivity contribution in [2.45, 2.75) is 6.92 Å². The Bertz CT molecular complexity index is 1170. The van der Waals surface area contributed by atoms with Gasteiger partial charge in [-0.1, -0.05) is 12.0 Å². The first-order valence-electron chi connectivity index (χ1n) is 9.76. The van der Waals surface area contributed by atoms with Gasteiger partial charge in [-0.2, -0.15) is 10.8 Å². The fraction of sp³-hybridized carbons (Fsp3) is 0.130. The van der Waals surface area contributed by atoms with Crippen molar-refractivity contribution in [3.05, 3.63) is 83.6 Å². The molecule has 0 saturated carbocycles. The number of fused-ring (bicyclic) bond motifs is 1. The molecule has 3 heterocycles. The van der Waals surface area contributed by atoms with Crippen LogP contribution >= 0.6 is 0 Å². The summed E-state index contributed by atoms with van der Waals surface area (Å²) in [6.07, 6.45) is 6.80. The lowest BCUT2D eigenvalue weighted by molar-refractivity contribution is -0.750. The van der Waals surface area contributed by atoms with E-state index in [1.165, 1.54) is 0 Å². The highest BCUT2D eigenvalue weighted by Crippen LogP contribution is 2.30. The molecule has 2 aliphatic heterocycles. The van der Waals surface area contributed by atoms with E-state index in [9.17, 15) is 4.79 Å². The van der Waals surface area contributed by atoms with Gasteiger partial charge in [-0.15, -0.1) is 10.5 Å². The van der Waals surface area contributed by atoms with Crippen LogP contribution in [0, 0.1) is 11.8 Å².